The second-order valence-corrected chi connectivity index (χ2v) is 13.4. The molecule has 1 saturated carbocycles. The molecule has 50 heavy (non-hydrogen) atoms. The van der Waals surface area contributed by atoms with E-state index in [1.54, 1.807) is 0 Å². The smallest absolute Gasteiger partial charge is 0.335 e. The van der Waals surface area contributed by atoms with E-state index in [0.29, 0.717) is 24.5 Å². The molecule has 2 aromatic heterocycles. The number of carbonyl (C=O) groups is 1. The summed E-state index contributed by atoms with van der Waals surface area (Å²) in [5.74, 6) is -4.31. The van der Waals surface area contributed by atoms with E-state index < -0.39 is 38.7 Å². The number of methoxy groups -OCH3 is 2. The average Bonchev–Trinajstić information content (AvgIpc) is 3.08. The number of ether oxygens (including phenoxy) is 3. The van der Waals surface area contributed by atoms with Crippen LogP contribution in [0.4, 0.5) is 30.2 Å². The Labute approximate surface area is 284 Å². The number of benzene rings is 3. The lowest BCUT2D eigenvalue weighted by Gasteiger charge is -2.24. The molecule has 2 heterocycles. The van der Waals surface area contributed by atoms with Gasteiger partial charge in [0.25, 0.3) is 0 Å². The molecule has 1 aliphatic carbocycles. The van der Waals surface area contributed by atoms with Gasteiger partial charge in [-0.25, -0.2) is 31.4 Å². The van der Waals surface area contributed by atoms with Crippen LogP contribution in [0.2, 0.25) is 0 Å². The van der Waals surface area contributed by atoms with Gasteiger partial charge >= 0.3 is 12.0 Å². The third-order valence-corrected chi connectivity index (χ3v) is 9.93. The molecule has 16 heteroatoms. The van der Waals surface area contributed by atoms with Gasteiger partial charge in [-0.15, -0.1) is 0 Å². The third kappa shape index (κ3) is 7.34. The maximum Gasteiger partial charge on any atom is 0.335 e. The van der Waals surface area contributed by atoms with Gasteiger partial charge < -0.3 is 24.6 Å². The summed E-state index contributed by atoms with van der Waals surface area (Å²) < 4.78 is 89.8. The van der Waals surface area contributed by atoms with Crippen LogP contribution in [0.25, 0.3) is 22.0 Å². The monoisotopic (exact) mass is 709 g/mol. The summed E-state index contributed by atoms with van der Waals surface area (Å²) >= 11 is 0. The first-order valence-corrected chi connectivity index (χ1v) is 16.9. The highest BCUT2D eigenvalue weighted by Gasteiger charge is 2.29. The van der Waals surface area contributed by atoms with Crippen molar-refractivity contribution < 1.29 is 45.7 Å². The molecule has 0 aliphatic heterocycles. The number of aromatic nitrogens is 3. The van der Waals surface area contributed by atoms with Crippen molar-refractivity contribution in [3.8, 4) is 34.5 Å². The largest absolute Gasteiger partial charge is 0.480 e. The molecular formula is C34H30F3N5O7S. The highest BCUT2D eigenvalue weighted by molar-refractivity contribution is 7.93. The highest BCUT2D eigenvalue weighted by atomic mass is 32.2. The molecule has 12 nitrogen and oxygen atoms in total. The molecule has 3 N–H and O–H groups in total. The Bertz CT molecular complexity index is 2200. The standard InChI is InChI=1S/C34H30F3N5O7S/c1-47-32-26(16-39-34(41-32)48-2)18-10-27(37)30-28(11-18)38-17-29(42-50(45,46)25-6-4-3-5-7-25)31(30)40-22-8-19(33(43)44)9-23(15-22)49-24-13-20(35)12-21(36)14-24/h8-17,25,42H,3-7H2,1-2H3,(H,38,40)(H,43,44). The first-order valence-electron chi connectivity index (χ1n) is 15.3. The maximum absolute atomic E-state index is 16.3. The van der Waals surface area contributed by atoms with Gasteiger partial charge in [0.1, 0.15) is 29.0 Å². The van der Waals surface area contributed by atoms with Crippen LogP contribution in [-0.4, -0.2) is 53.9 Å². The zero-order valence-electron chi connectivity index (χ0n) is 26.7. The van der Waals surface area contributed by atoms with Crippen LogP contribution in [0.5, 0.6) is 23.4 Å². The second-order valence-electron chi connectivity index (χ2n) is 11.5. The van der Waals surface area contributed by atoms with E-state index in [0.717, 1.165) is 37.5 Å². The topological polar surface area (TPSA) is 162 Å². The molecule has 0 atom stereocenters. The van der Waals surface area contributed by atoms with Crippen molar-refractivity contribution >= 4 is 44.0 Å². The quantitative estimate of drug-likeness (QED) is 0.125. The number of carboxylic acids is 1. The van der Waals surface area contributed by atoms with Crippen molar-refractivity contribution in [1.82, 2.24) is 15.0 Å². The summed E-state index contributed by atoms with van der Waals surface area (Å²) in [6.45, 7) is 0. The van der Waals surface area contributed by atoms with Gasteiger partial charge in [-0.3, -0.25) is 9.71 Å². The van der Waals surface area contributed by atoms with Crippen molar-refractivity contribution in [2.24, 2.45) is 0 Å². The summed E-state index contributed by atoms with van der Waals surface area (Å²) in [5.41, 5.74) is 0.237. The predicted octanol–water partition coefficient (Wildman–Crippen LogP) is 7.43. The summed E-state index contributed by atoms with van der Waals surface area (Å²) in [4.78, 5) is 24.7. The molecule has 0 bridgehead atoms. The van der Waals surface area contributed by atoms with E-state index in [2.05, 4.69) is 25.0 Å². The fourth-order valence-corrected chi connectivity index (χ4v) is 7.36. The Hall–Kier alpha value is -5.64. The van der Waals surface area contributed by atoms with Crippen LogP contribution in [0.15, 0.2) is 60.9 Å². The Balaban J connectivity index is 1.49. The van der Waals surface area contributed by atoms with E-state index in [4.69, 9.17) is 14.2 Å². The molecule has 6 rings (SSSR count). The van der Waals surface area contributed by atoms with Crippen LogP contribution in [0, 0.1) is 17.5 Å². The number of sulfonamides is 1. The number of anilines is 3. The van der Waals surface area contributed by atoms with Crippen LogP contribution in [0.1, 0.15) is 42.5 Å². The van der Waals surface area contributed by atoms with Crippen molar-refractivity contribution in [3.63, 3.8) is 0 Å². The molecule has 0 radical (unpaired) electrons. The number of hydrogen-bond acceptors (Lipinski definition) is 10. The molecule has 1 fully saturated rings. The first-order chi connectivity index (χ1) is 23.9. The van der Waals surface area contributed by atoms with Crippen LogP contribution in [0.3, 0.4) is 0 Å². The van der Waals surface area contributed by atoms with E-state index in [1.165, 1.54) is 50.9 Å². The molecule has 3 aromatic carbocycles. The average molecular weight is 710 g/mol. The van der Waals surface area contributed by atoms with Crippen molar-refractivity contribution in [3.05, 3.63) is 83.9 Å². The van der Waals surface area contributed by atoms with Gasteiger partial charge in [-0.1, -0.05) is 19.3 Å². The number of rotatable bonds is 11. The van der Waals surface area contributed by atoms with Crippen LogP contribution in [-0.2, 0) is 10.0 Å². The van der Waals surface area contributed by atoms with Gasteiger partial charge in [0, 0.05) is 36.1 Å². The first kappa shape index (κ1) is 34.2. The fourth-order valence-electron chi connectivity index (χ4n) is 5.77. The molecule has 0 spiro atoms. The summed E-state index contributed by atoms with van der Waals surface area (Å²) in [6.07, 6.45) is 5.91. The number of pyridine rings is 1. The normalized spacial score (nSPS) is 13.5. The van der Waals surface area contributed by atoms with Crippen molar-refractivity contribution in [2.75, 3.05) is 24.3 Å². The fraction of sp³-hybridized carbons (Fsp3) is 0.235. The molecular weight excluding hydrogens is 679 g/mol. The maximum atomic E-state index is 16.3. The lowest BCUT2D eigenvalue weighted by Crippen LogP contribution is -2.30. The lowest BCUT2D eigenvalue weighted by atomic mass is 10.0. The van der Waals surface area contributed by atoms with Gasteiger partial charge in [-0.05, 0) is 42.7 Å². The SMILES string of the molecule is COc1ncc(-c2cc(F)c3c(Nc4cc(Oc5cc(F)cc(F)c5)cc(C(=O)O)c4)c(NS(=O)(=O)C4CCCCC4)cnc3c2)c(OC)n1. The summed E-state index contributed by atoms with van der Waals surface area (Å²) in [7, 11) is -1.21. The zero-order chi connectivity index (χ0) is 35.6. The van der Waals surface area contributed by atoms with E-state index in [1.807, 2.05) is 0 Å². The van der Waals surface area contributed by atoms with Crippen molar-refractivity contribution in [2.45, 2.75) is 37.4 Å². The minimum absolute atomic E-state index is 0.0242. The summed E-state index contributed by atoms with van der Waals surface area (Å²) in [5, 5.41) is 12.0. The lowest BCUT2D eigenvalue weighted by molar-refractivity contribution is 0.0696. The summed E-state index contributed by atoms with van der Waals surface area (Å²) in [6, 6.07) is 8.84. The molecule has 0 saturated heterocycles. The van der Waals surface area contributed by atoms with Gasteiger partial charge in [0.15, 0.2) is 0 Å². The Morgan fingerprint density at radius 2 is 1.60 bits per heavy atom. The van der Waals surface area contributed by atoms with E-state index >= 15 is 4.39 Å². The molecule has 0 unspecified atom stereocenters. The highest BCUT2D eigenvalue weighted by Crippen LogP contribution is 2.40. The second kappa shape index (κ2) is 14.1. The van der Waals surface area contributed by atoms with Crippen LogP contribution < -0.4 is 24.2 Å². The van der Waals surface area contributed by atoms with Gasteiger partial charge in [0.2, 0.25) is 15.9 Å². The third-order valence-electron chi connectivity index (χ3n) is 8.08. The number of hydrogen-bond donors (Lipinski definition) is 3. The number of aromatic carboxylic acids is 1. The minimum Gasteiger partial charge on any atom is -0.480 e. The number of nitrogens with one attached hydrogen (secondary N) is 2. The zero-order valence-corrected chi connectivity index (χ0v) is 27.5. The van der Waals surface area contributed by atoms with E-state index in [-0.39, 0.29) is 62.5 Å². The Morgan fingerprint density at radius 3 is 2.28 bits per heavy atom. The predicted molar refractivity (Wildman–Crippen MR) is 178 cm³/mol. The number of nitrogens with zero attached hydrogens (tertiary/aromatic N) is 3. The molecule has 0 amide bonds. The van der Waals surface area contributed by atoms with Crippen molar-refractivity contribution in [1.29, 1.82) is 0 Å². The molecule has 5 aromatic rings. The van der Waals surface area contributed by atoms with Gasteiger partial charge in [-0.2, -0.15) is 4.98 Å². The van der Waals surface area contributed by atoms with Gasteiger partial charge in [0.05, 0.1) is 59.1 Å². The molecule has 1 aliphatic rings. The number of carboxylic acid groups (broad SMARTS) is 1. The Morgan fingerprint density at radius 1 is 0.880 bits per heavy atom. The number of halogens is 3. The van der Waals surface area contributed by atoms with E-state index in [9.17, 15) is 27.1 Å². The minimum atomic E-state index is -3.97. The Kier molecular flexibility index (Phi) is 9.63. The number of fused-ring (bicyclic) bond motifs is 1. The molecule has 260 valence electrons. The van der Waals surface area contributed by atoms with Crippen LogP contribution >= 0.6 is 0 Å².